The normalized spacial score (nSPS) is 18.9. The molecule has 2 heterocycles. The van der Waals surface area contributed by atoms with Crippen LogP contribution in [0.2, 0.25) is 0 Å². The summed E-state index contributed by atoms with van der Waals surface area (Å²) < 4.78 is 4.79. The van der Waals surface area contributed by atoms with E-state index >= 15 is 0 Å². The monoisotopic (exact) mass is 288 g/mol. The number of hydrogen-bond acceptors (Lipinski definition) is 5. The molecule has 6 heteroatoms. The molecule has 1 aromatic rings. The summed E-state index contributed by atoms with van der Waals surface area (Å²) in [6.07, 6.45) is 0. The Labute approximate surface area is 100 Å². The van der Waals surface area contributed by atoms with Crippen LogP contribution in [0.3, 0.4) is 0 Å². The van der Waals surface area contributed by atoms with Crippen LogP contribution in [-0.4, -0.2) is 29.4 Å². The number of fused-ring (bicyclic) bond motifs is 1. The summed E-state index contributed by atoms with van der Waals surface area (Å²) in [6.45, 7) is 0. The predicted octanol–water partition coefficient (Wildman–Crippen LogP) is 2.09. The Bertz CT molecular complexity index is 413. The first-order valence-electron chi connectivity index (χ1n) is 4.26. The van der Waals surface area contributed by atoms with Crippen LogP contribution in [0.5, 0.6) is 0 Å². The molecule has 1 aliphatic rings. The summed E-state index contributed by atoms with van der Waals surface area (Å²) in [5.74, 6) is -0.404. The zero-order valence-electron chi connectivity index (χ0n) is 8.23. The number of esters is 1. The molecular weight excluding hydrogens is 280 g/mol. The zero-order chi connectivity index (χ0) is 11.0. The molecule has 15 heavy (non-hydrogen) atoms. The van der Waals surface area contributed by atoms with E-state index in [4.69, 9.17) is 0 Å². The highest BCUT2D eigenvalue weighted by Gasteiger charge is 2.27. The summed E-state index contributed by atoms with van der Waals surface area (Å²) in [5, 5.41) is 0.849. The van der Waals surface area contributed by atoms with Crippen molar-refractivity contribution in [2.24, 2.45) is 0 Å². The highest BCUT2D eigenvalue weighted by atomic mass is 79.9. The minimum absolute atomic E-state index is 0.174. The molecule has 0 fully saturated rings. The van der Waals surface area contributed by atoms with Crippen LogP contribution in [0.25, 0.3) is 0 Å². The summed E-state index contributed by atoms with van der Waals surface area (Å²) in [4.78, 5) is 17.5. The van der Waals surface area contributed by atoms with E-state index in [0.29, 0.717) is 5.69 Å². The Morgan fingerprint density at radius 2 is 2.40 bits per heavy atom. The molecule has 0 amide bonds. The number of aromatic nitrogens is 1. The summed E-state index contributed by atoms with van der Waals surface area (Å²) in [7, 11) is 3.32. The lowest BCUT2D eigenvalue weighted by molar-refractivity contribution is 0.0593. The predicted molar refractivity (Wildman–Crippen MR) is 62.6 cm³/mol. The molecule has 0 saturated heterocycles. The number of pyridine rings is 1. The van der Waals surface area contributed by atoms with E-state index in [1.54, 1.807) is 17.8 Å². The van der Waals surface area contributed by atoms with Gasteiger partial charge in [-0.05, 0) is 12.1 Å². The quantitative estimate of drug-likeness (QED) is 0.450. The fourth-order valence-corrected chi connectivity index (χ4v) is 2.98. The maximum Gasteiger partial charge on any atom is 0.356 e. The van der Waals surface area contributed by atoms with E-state index < -0.39 is 5.97 Å². The molecule has 0 aliphatic carbocycles. The Hall–Kier alpha value is -0.750. The van der Waals surface area contributed by atoms with E-state index in [1.807, 2.05) is 18.0 Å². The highest BCUT2D eigenvalue weighted by Crippen LogP contribution is 2.43. The number of carbonyl (C=O) groups excluding carboxylic acids is 1. The smallest absolute Gasteiger partial charge is 0.356 e. The van der Waals surface area contributed by atoms with Gasteiger partial charge in [0.25, 0.3) is 0 Å². The van der Waals surface area contributed by atoms with Crippen molar-refractivity contribution < 1.29 is 9.53 Å². The number of alkyl halides is 1. The van der Waals surface area contributed by atoms with Crippen molar-refractivity contribution in [3.8, 4) is 0 Å². The Balaban J connectivity index is 2.37. The first kappa shape index (κ1) is 10.8. The minimum atomic E-state index is -0.404. The number of anilines is 1. The standard InChI is InChI=1S/C9H9BrN2O2S/c1-12-6-4-3-5(8(13)14-2)11-7(6)15-9(12)10/h3-4,9H,1-2H3. The van der Waals surface area contributed by atoms with E-state index in [2.05, 4.69) is 25.7 Å². The number of methoxy groups -OCH3 is 1. The van der Waals surface area contributed by atoms with Crippen molar-refractivity contribution in [2.75, 3.05) is 19.1 Å². The van der Waals surface area contributed by atoms with Gasteiger partial charge in [0.2, 0.25) is 0 Å². The molecule has 4 nitrogen and oxygen atoms in total. The molecule has 1 unspecified atom stereocenters. The second kappa shape index (κ2) is 4.02. The third-order valence-corrected chi connectivity index (χ3v) is 4.34. The Morgan fingerprint density at radius 3 is 3.07 bits per heavy atom. The van der Waals surface area contributed by atoms with Gasteiger partial charge in [0.15, 0.2) is 0 Å². The van der Waals surface area contributed by atoms with Crippen LogP contribution in [0.15, 0.2) is 17.2 Å². The van der Waals surface area contributed by atoms with Gasteiger partial charge in [-0.1, -0.05) is 27.7 Å². The van der Waals surface area contributed by atoms with Crippen molar-refractivity contribution in [1.29, 1.82) is 0 Å². The lowest BCUT2D eigenvalue weighted by atomic mass is 10.3. The lowest BCUT2D eigenvalue weighted by Gasteiger charge is -2.14. The Morgan fingerprint density at radius 1 is 1.67 bits per heavy atom. The molecule has 0 bridgehead atoms. The number of nitrogens with zero attached hydrogens (tertiary/aromatic N) is 2. The fraction of sp³-hybridized carbons (Fsp3) is 0.333. The number of thioether (sulfide) groups is 1. The molecule has 0 radical (unpaired) electrons. The van der Waals surface area contributed by atoms with Gasteiger partial charge in [-0.25, -0.2) is 9.78 Å². The second-order valence-corrected chi connectivity index (χ2v) is 5.58. The fourth-order valence-electron chi connectivity index (χ4n) is 1.29. The molecule has 1 atom stereocenters. The molecular formula is C9H9BrN2O2S. The van der Waals surface area contributed by atoms with Gasteiger partial charge in [-0.2, -0.15) is 0 Å². The number of rotatable bonds is 1. The first-order valence-corrected chi connectivity index (χ1v) is 6.06. The number of halogens is 1. The van der Waals surface area contributed by atoms with Crippen molar-refractivity contribution in [3.05, 3.63) is 17.8 Å². The van der Waals surface area contributed by atoms with Crippen LogP contribution in [-0.2, 0) is 4.74 Å². The molecule has 1 aromatic heterocycles. The van der Waals surface area contributed by atoms with E-state index in [9.17, 15) is 4.79 Å². The van der Waals surface area contributed by atoms with Gasteiger partial charge >= 0.3 is 5.97 Å². The highest BCUT2D eigenvalue weighted by molar-refractivity contribution is 9.11. The van der Waals surface area contributed by atoms with E-state index in [1.165, 1.54) is 7.11 Å². The number of hydrogen-bond donors (Lipinski definition) is 0. The first-order chi connectivity index (χ1) is 7.13. The van der Waals surface area contributed by atoms with Crippen LogP contribution in [0.1, 0.15) is 10.5 Å². The summed E-state index contributed by atoms with van der Waals surface area (Å²) in [6, 6.07) is 3.55. The molecule has 0 spiro atoms. The number of carbonyl (C=O) groups is 1. The maximum absolute atomic E-state index is 11.3. The second-order valence-electron chi connectivity index (χ2n) is 3.03. The molecule has 0 N–H and O–H groups in total. The van der Waals surface area contributed by atoms with Gasteiger partial charge in [-0.3, -0.25) is 0 Å². The van der Waals surface area contributed by atoms with E-state index in [0.717, 1.165) is 10.7 Å². The summed E-state index contributed by atoms with van der Waals surface area (Å²) >= 11 is 5.06. The molecule has 1 aliphatic heterocycles. The average Bonchev–Trinajstić information content (AvgIpc) is 2.53. The third kappa shape index (κ3) is 1.83. The van der Waals surface area contributed by atoms with Crippen LogP contribution in [0, 0.1) is 0 Å². The molecule has 0 saturated carbocycles. The lowest BCUT2D eigenvalue weighted by Crippen LogP contribution is -2.18. The maximum atomic E-state index is 11.3. The zero-order valence-corrected chi connectivity index (χ0v) is 10.6. The van der Waals surface area contributed by atoms with Gasteiger partial charge in [0, 0.05) is 7.05 Å². The summed E-state index contributed by atoms with van der Waals surface area (Å²) in [5.41, 5.74) is 1.37. The largest absolute Gasteiger partial charge is 0.464 e. The SMILES string of the molecule is COC(=O)c1ccc2c(n1)SC(Br)N2C. The van der Waals surface area contributed by atoms with Gasteiger partial charge in [-0.15, -0.1) is 0 Å². The number of ether oxygens (including phenoxy) is 1. The van der Waals surface area contributed by atoms with Gasteiger partial charge < -0.3 is 9.64 Å². The topological polar surface area (TPSA) is 42.4 Å². The van der Waals surface area contributed by atoms with Crippen molar-refractivity contribution in [3.63, 3.8) is 0 Å². The van der Waals surface area contributed by atoms with Gasteiger partial charge in [0.05, 0.1) is 12.8 Å². The van der Waals surface area contributed by atoms with Crippen molar-refractivity contribution >= 4 is 39.3 Å². The molecule has 2 rings (SSSR count). The molecule has 80 valence electrons. The minimum Gasteiger partial charge on any atom is -0.464 e. The van der Waals surface area contributed by atoms with Gasteiger partial charge in [0.1, 0.15) is 15.0 Å². The molecule has 0 aromatic carbocycles. The average molecular weight is 289 g/mol. The van der Waals surface area contributed by atoms with E-state index in [-0.39, 0.29) is 4.28 Å². The van der Waals surface area contributed by atoms with Crippen LogP contribution < -0.4 is 4.90 Å². The van der Waals surface area contributed by atoms with Crippen LogP contribution >= 0.6 is 27.7 Å². The van der Waals surface area contributed by atoms with Crippen molar-refractivity contribution in [2.45, 2.75) is 9.31 Å². The van der Waals surface area contributed by atoms with Crippen LogP contribution in [0.4, 0.5) is 5.69 Å². The third-order valence-electron chi connectivity index (χ3n) is 2.13. The van der Waals surface area contributed by atoms with Crippen molar-refractivity contribution in [1.82, 2.24) is 4.98 Å². The Kier molecular flexibility index (Phi) is 2.88.